The van der Waals surface area contributed by atoms with Gasteiger partial charge in [0.25, 0.3) is 11.8 Å². The summed E-state index contributed by atoms with van der Waals surface area (Å²) in [6.07, 6.45) is 4.12. The molecule has 1 aliphatic rings. The number of halogens is 3. The first-order valence-corrected chi connectivity index (χ1v) is 10.7. The first-order chi connectivity index (χ1) is 15.0. The van der Waals surface area contributed by atoms with Crippen molar-refractivity contribution in [2.45, 2.75) is 25.3 Å². The second-order valence-electron chi connectivity index (χ2n) is 6.66. The summed E-state index contributed by atoms with van der Waals surface area (Å²) in [5.41, 5.74) is -5.89. The predicted molar refractivity (Wildman–Crippen MR) is 105 cm³/mol. The van der Waals surface area contributed by atoms with Crippen molar-refractivity contribution in [3.8, 4) is 0 Å². The Balaban J connectivity index is 1.99. The highest BCUT2D eigenvalue weighted by atomic mass is 32.2. The fraction of sp³-hybridized carbons (Fsp3) is 0.250. The summed E-state index contributed by atoms with van der Waals surface area (Å²) >= 11 is 0. The van der Waals surface area contributed by atoms with Gasteiger partial charge in [-0.2, -0.15) is 21.6 Å². The maximum atomic E-state index is 12.7. The Morgan fingerprint density at radius 1 is 1.09 bits per heavy atom. The maximum Gasteiger partial charge on any atom is 0.525 e. The molecule has 170 valence electrons. The summed E-state index contributed by atoms with van der Waals surface area (Å²) in [5.74, 6) is -3.34. The molecule has 32 heavy (non-hydrogen) atoms. The Labute approximate surface area is 180 Å². The minimum Gasteiger partial charge on any atom is -0.463 e. The Morgan fingerprint density at radius 2 is 1.75 bits per heavy atom. The fourth-order valence-electron chi connectivity index (χ4n) is 2.97. The van der Waals surface area contributed by atoms with Gasteiger partial charge in [0.05, 0.1) is 17.7 Å². The zero-order chi connectivity index (χ0) is 23.7. The lowest BCUT2D eigenvalue weighted by atomic mass is 9.92. The molecule has 2 amide bonds. The largest absolute Gasteiger partial charge is 0.525 e. The van der Waals surface area contributed by atoms with Gasteiger partial charge in [0, 0.05) is 11.5 Å². The van der Waals surface area contributed by atoms with E-state index in [2.05, 4.69) is 4.28 Å². The van der Waals surface area contributed by atoms with Gasteiger partial charge >= 0.3 is 21.6 Å². The van der Waals surface area contributed by atoms with Crippen LogP contribution in [0.5, 0.6) is 0 Å². The van der Waals surface area contributed by atoms with Gasteiger partial charge < -0.3 is 4.74 Å². The average Bonchev–Trinajstić information content (AvgIpc) is 2.73. The van der Waals surface area contributed by atoms with Crippen molar-refractivity contribution in [1.82, 2.24) is 5.06 Å². The number of benzene rings is 2. The molecule has 1 heterocycles. The van der Waals surface area contributed by atoms with Gasteiger partial charge in [0.15, 0.2) is 0 Å². The molecule has 0 fully saturated rings. The van der Waals surface area contributed by atoms with Crippen LogP contribution in [0.15, 0.2) is 36.4 Å². The molecule has 0 aromatic heterocycles. The van der Waals surface area contributed by atoms with Crippen LogP contribution in [0.25, 0.3) is 16.8 Å². The lowest BCUT2D eigenvalue weighted by Crippen LogP contribution is -2.44. The van der Waals surface area contributed by atoms with Crippen molar-refractivity contribution in [2.24, 2.45) is 0 Å². The molecule has 1 aliphatic heterocycles. The number of nitrogens with zero attached hydrogens (tertiary/aromatic N) is 1. The predicted octanol–water partition coefficient (Wildman–Crippen LogP) is 3.57. The van der Waals surface area contributed by atoms with E-state index in [1.54, 1.807) is 0 Å². The Bertz CT molecular complexity index is 1210. The average molecular weight is 471 g/mol. The molecular formula is C20H16F3NO7S. The first kappa shape index (κ1) is 23.4. The number of rotatable bonds is 7. The zero-order valence-corrected chi connectivity index (χ0v) is 17.3. The van der Waals surface area contributed by atoms with Crippen molar-refractivity contribution in [2.75, 3.05) is 6.61 Å². The van der Waals surface area contributed by atoms with Crippen LogP contribution in [0.2, 0.25) is 0 Å². The van der Waals surface area contributed by atoms with Crippen LogP contribution < -0.4 is 0 Å². The highest BCUT2D eigenvalue weighted by Crippen LogP contribution is 2.34. The molecule has 8 nitrogen and oxygen atoms in total. The fourth-order valence-corrected chi connectivity index (χ4v) is 3.39. The number of alkyl halides is 3. The van der Waals surface area contributed by atoms with Crippen LogP contribution in [0.1, 0.15) is 46.0 Å². The molecule has 0 saturated carbocycles. The summed E-state index contributed by atoms with van der Waals surface area (Å²) in [5, 5.41) is 0.00599. The summed E-state index contributed by atoms with van der Waals surface area (Å²) in [7, 11) is -6.25. The Kier molecular flexibility index (Phi) is 6.37. The number of amides is 2. The molecule has 12 heteroatoms. The van der Waals surface area contributed by atoms with Gasteiger partial charge in [-0.1, -0.05) is 31.5 Å². The molecule has 0 saturated heterocycles. The Hall–Kier alpha value is -3.25. The molecule has 2 aromatic carbocycles. The van der Waals surface area contributed by atoms with Gasteiger partial charge in [-0.15, -0.1) is 9.35 Å². The number of esters is 1. The first-order valence-electron chi connectivity index (χ1n) is 9.28. The van der Waals surface area contributed by atoms with E-state index in [1.807, 2.05) is 6.92 Å². The van der Waals surface area contributed by atoms with Gasteiger partial charge in [-0.25, -0.2) is 4.79 Å². The number of hydrogen-bond acceptors (Lipinski definition) is 7. The summed E-state index contributed by atoms with van der Waals surface area (Å²) in [4.78, 5) is 37.0. The van der Waals surface area contributed by atoms with Crippen LogP contribution >= 0.6 is 0 Å². The van der Waals surface area contributed by atoms with E-state index >= 15 is 0 Å². The summed E-state index contributed by atoms with van der Waals surface area (Å²) < 4.78 is 69.4. The number of imide groups is 1. The van der Waals surface area contributed by atoms with Crippen LogP contribution in [-0.4, -0.2) is 43.4 Å². The van der Waals surface area contributed by atoms with Crippen molar-refractivity contribution in [3.05, 3.63) is 53.1 Å². The standard InChI is InChI=1S/C20H16F3NO7S/c1-2-3-11-30-16(25)10-8-12-7-9-15-17-13(12)5-4-6-14(17)18(26)24(19(15)27)31-32(28,29)20(21,22)23/h4-10H,2-3,11H2,1H3/b10-8+. The number of hydroxylamine groups is 2. The molecule has 0 bridgehead atoms. The van der Waals surface area contributed by atoms with Crippen LogP contribution in [0, 0.1) is 0 Å². The van der Waals surface area contributed by atoms with E-state index in [1.165, 1.54) is 36.4 Å². The maximum absolute atomic E-state index is 12.7. The molecule has 0 aliphatic carbocycles. The minimum atomic E-state index is -6.25. The van der Waals surface area contributed by atoms with Crippen molar-refractivity contribution >= 4 is 44.8 Å². The molecule has 0 radical (unpaired) electrons. The number of ether oxygens (including phenoxy) is 1. The molecule has 3 rings (SSSR count). The topological polar surface area (TPSA) is 107 Å². The number of carbonyl (C=O) groups is 3. The molecule has 2 aromatic rings. The number of hydrogen-bond donors (Lipinski definition) is 0. The molecule has 0 spiro atoms. The van der Waals surface area contributed by atoms with Gasteiger partial charge in [0.2, 0.25) is 0 Å². The van der Waals surface area contributed by atoms with Crippen molar-refractivity contribution in [3.63, 3.8) is 0 Å². The lowest BCUT2D eigenvalue weighted by Gasteiger charge is -2.26. The third kappa shape index (κ3) is 4.36. The van der Waals surface area contributed by atoms with Crippen molar-refractivity contribution in [1.29, 1.82) is 0 Å². The SMILES string of the molecule is CCCCOC(=O)/C=C/c1ccc2c3c(cccc13)C(=O)N(OS(=O)(=O)C(F)(F)F)C2=O. The van der Waals surface area contributed by atoms with Gasteiger partial charge in [-0.05, 0) is 35.6 Å². The normalized spacial score (nSPS) is 14.4. The summed E-state index contributed by atoms with van der Waals surface area (Å²) in [6, 6.07) is 6.72. The van der Waals surface area contributed by atoms with Gasteiger partial charge in [-0.3, -0.25) is 9.59 Å². The smallest absolute Gasteiger partial charge is 0.463 e. The summed E-state index contributed by atoms with van der Waals surface area (Å²) in [6.45, 7) is 2.19. The Morgan fingerprint density at radius 3 is 2.38 bits per heavy atom. The molecule has 0 N–H and O–H groups in total. The van der Waals surface area contributed by atoms with Crippen LogP contribution in [0.4, 0.5) is 13.2 Å². The zero-order valence-electron chi connectivity index (χ0n) is 16.5. The van der Waals surface area contributed by atoms with Gasteiger partial charge in [0.1, 0.15) is 0 Å². The van der Waals surface area contributed by atoms with E-state index in [-0.39, 0.29) is 23.1 Å². The molecular weight excluding hydrogens is 455 g/mol. The second kappa shape index (κ2) is 8.71. The number of unbranched alkanes of at least 4 members (excludes halogenated alkanes) is 1. The lowest BCUT2D eigenvalue weighted by molar-refractivity contribution is -0.137. The van der Waals surface area contributed by atoms with E-state index in [9.17, 15) is 36.0 Å². The highest BCUT2D eigenvalue weighted by molar-refractivity contribution is 7.87. The highest BCUT2D eigenvalue weighted by Gasteiger charge is 2.51. The quantitative estimate of drug-likeness (QED) is 0.200. The molecule has 0 unspecified atom stereocenters. The molecule has 0 atom stereocenters. The van der Waals surface area contributed by atoms with E-state index in [4.69, 9.17) is 4.74 Å². The van der Waals surface area contributed by atoms with E-state index < -0.39 is 38.5 Å². The van der Waals surface area contributed by atoms with E-state index in [0.29, 0.717) is 17.4 Å². The third-order valence-corrected chi connectivity index (χ3v) is 5.41. The minimum absolute atomic E-state index is 0.0910. The van der Waals surface area contributed by atoms with Crippen LogP contribution in [-0.2, 0) is 23.9 Å². The number of carbonyl (C=O) groups excluding carboxylic acids is 3. The third-order valence-electron chi connectivity index (χ3n) is 4.50. The van der Waals surface area contributed by atoms with Crippen LogP contribution in [0.3, 0.4) is 0 Å². The van der Waals surface area contributed by atoms with E-state index in [0.717, 1.165) is 12.5 Å². The second-order valence-corrected chi connectivity index (χ2v) is 8.18. The monoisotopic (exact) mass is 471 g/mol. The van der Waals surface area contributed by atoms with Crippen molar-refractivity contribution < 1.29 is 45.0 Å².